The third kappa shape index (κ3) is 3.62. The lowest BCUT2D eigenvalue weighted by atomic mass is 10.2. The van der Waals surface area contributed by atoms with E-state index in [2.05, 4.69) is 26.6 Å². The molecule has 0 aliphatic carbocycles. The fourth-order valence-electron chi connectivity index (χ4n) is 1.81. The van der Waals surface area contributed by atoms with Crippen LogP contribution in [0.25, 0.3) is 0 Å². The SMILES string of the molecule is CN(C)[C@H](CNC(=O)c1ccncc1)c1cccs1. The fraction of sp³-hybridized carbons (Fsp3) is 0.286. The van der Waals surface area contributed by atoms with Gasteiger partial charge in [-0.2, -0.15) is 0 Å². The second-order valence-corrected chi connectivity index (χ2v) is 5.42. The molecule has 1 atom stereocenters. The number of likely N-dealkylation sites (N-methyl/N-ethyl adjacent to an activating group) is 1. The number of carbonyl (C=O) groups is 1. The molecule has 2 heterocycles. The summed E-state index contributed by atoms with van der Waals surface area (Å²) < 4.78 is 0. The Morgan fingerprint density at radius 3 is 2.68 bits per heavy atom. The van der Waals surface area contributed by atoms with Gasteiger partial charge < -0.3 is 10.2 Å². The molecular weight excluding hydrogens is 258 g/mol. The van der Waals surface area contributed by atoms with E-state index < -0.39 is 0 Å². The van der Waals surface area contributed by atoms with Gasteiger partial charge in [-0.05, 0) is 37.7 Å². The van der Waals surface area contributed by atoms with E-state index in [0.29, 0.717) is 12.1 Å². The first-order chi connectivity index (χ1) is 9.18. The zero-order valence-electron chi connectivity index (χ0n) is 11.0. The van der Waals surface area contributed by atoms with Crippen LogP contribution in [0.4, 0.5) is 0 Å². The van der Waals surface area contributed by atoms with Gasteiger partial charge in [-0.1, -0.05) is 6.07 Å². The van der Waals surface area contributed by atoms with Crippen LogP contribution in [0.3, 0.4) is 0 Å². The summed E-state index contributed by atoms with van der Waals surface area (Å²) in [7, 11) is 4.03. The lowest BCUT2D eigenvalue weighted by molar-refractivity contribution is 0.0942. The van der Waals surface area contributed by atoms with Gasteiger partial charge in [-0.3, -0.25) is 9.78 Å². The van der Waals surface area contributed by atoms with E-state index in [-0.39, 0.29) is 11.9 Å². The van der Waals surface area contributed by atoms with Crippen molar-refractivity contribution in [3.63, 3.8) is 0 Å². The highest BCUT2D eigenvalue weighted by atomic mass is 32.1. The number of nitrogens with one attached hydrogen (secondary N) is 1. The van der Waals surface area contributed by atoms with E-state index >= 15 is 0 Å². The zero-order valence-corrected chi connectivity index (χ0v) is 11.9. The number of amides is 1. The van der Waals surface area contributed by atoms with Crippen molar-refractivity contribution >= 4 is 17.2 Å². The summed E-state index contributed by atoms with van der Waals surface area (Å²) in [5.41, 5.74) is 0.638. The van der Waals surface area contributed by atoms with Crippen molar-refractivity contribution in [2.24, 2.45) is 0 Å². The van der Waals surface area contributed by atoms with Gasteiger partial charge in [0.05, 0.1) is 6.04 Å². The largest absolute Gasteiger partial charge is 0.350 e. The van der Waals surface area contributed by atoms with Gasteiger partial charge in [-0.25, -0.2) is 0 Å². The van der Waals surface area contributed by atoms with Crippen LogP contribution in [-0.4, -0.2) is 36.4 Å². The van der Waals surface area contributed by atoms with E-state index in [1.807, 2.05) is 20.2 Å². The van der Waals surface area contributed by atoms with Gasteiger partial charge in [-0.15, -0.1) is 11.3 Å². The molecule has 0 radical (unpaired) electrons. The van der Waals surface area contributed by atoms with Crippen LogP contribution < -0.4 is 5.32 Å². The second kappa shape index (κ2) is 6.45. The molecule has 2 aromatic rings. The van der Waals surface area contributed by atoms with Crippen molar-refractivity contribution < 1.29 is 4.79 Å². The highest BCUT2D eigenvalue weighted by molar-refractivity contribution is 7.10. The molecule has 0 unspecified atom stereocenters. The highest BCUT2D eigenvalue weighted by Gasteiger charge is 2.16. The quantitative estimate of drug-likeness (QED) is 0.909. The third-order valence-corrected chi connectivity index (χ3v) is 3.87. The van der Waals surface area contributed by atoms with E-state index in [1.165, 1.54) is 4.88 Å². The molecule has 4 nitrogen and oxygen atoms in total. The predicted molar refractivity (Wildman–Crippen MR) is 77.3 cm³/mol. The maximum Gasteiger partial charge on any atom is 0.251 e. The first-order valence-electron chi connectivity index (χ1n) is 6.06. The van der Waals surface area contributed by atoms with Crippen LogP contribution in [0.1, 0.15) is 21.3 Å². The minimum Gasteiger partial charge on any atom is -0.350 e. The molecule has 0 saturated heterocycles. The zero-order chi connectivity index (χ0) is 13.7. The summed E-state index contributed by atoms with van der Waals surface area (Å²) in [6.07, 6.45) is 3.25. The summed E-state index contributed by atoms with van der Waals surface area (Å²) in [6.45, 7) is 0.592. The molecule has 2 rings (SSSR count). The average molecular weight is 275 g/mol. The average Bonchev–Trinajstić information content (AvgIpc) is 2.93. The molecule has 0 fully saturated rings. The summed E-state index contributed by atoms with van der Waals surface area (Å²) in [5.74, 6) is -0.0641. The van der Waals surface area contributed by atoms with Crippen molar-refractivity contribution in [1.29, 1.82) is 0 Å². The van der Waals surface area contributed by atoms with Crippen molar-refractivity contribution in [3.8, 4) is 0 Å². The van der Waals surface area contributed by atoms with E-state index in [1.54, 1.807) is 35.9 Å². The molecule has 0 aliphatic rings. The van der Waals surface area contributed by atoms with Gasteiger partial charge in [0.2, 0.25) is 0 Å². The molecule has 19 heavy (non-hydrogen) atoms. The monoisotopic (exact) mass is 275 g/mol. The van der Waals surface area contributed by atoms with E-state index in [4.69, 9.17) is 0 Å². The molecule has 1 amide bonds. The fourth-order valence-corrected chi connectivity index (χ4v) is 2.74. The number of pyridine rings is 1. The van der Waals surface area contributed by atoms with Crippen molar-refractivity contribution in [3.05, 3.63) is 52.5 Å². The maximum absolute atomic E-state index is 12.0. The van der Waals surface area contributed by atoms with Crippen molar-refractivity contribution in [1.82, 2.24) is 15.2 Å². The highest BCUT2D eigenvalue weighted by Crippen LogP contribution is 2.22. The van der Waals surface area contributed by atoms with Crippen LogP contribution in [0.5, 0.6) is 0 Å². The van der Waals surface area contributed by atoms with E-state index in [0.717, 1.165) is 0 Å². The maximum atomic E-state index is 12.0. The van der Waals surface area contributed by atoms with Gasteiger partial charge >= 0.3 is 0 Å². The van der Waals surface area contributed by atoms with Crippen LogP contribution in [0, 0.1) is 0 Å². The molecule has 5 heteroatoms. The third-order valence-electron chi connectivity index (χ3n) is 2.89. The predicted octanol–water partition coefficient (Wildman–Crippen LogP) is 2.18. The summed E-state index contributed by atoms with van der Waals surface area (Å²) in [6, 6.07) is 7.75. The van der Waals surface area contributed by atoms with Crippen molar-refractivity contribution in [2.75, 3.05) is 20.6 Å². The number of rotatable bonds is 5. The number of thiophene rings is 1. The molecule has 100 valence electrons. The number of hydrogen-bond donors (Lipinski definition) is 1. The Morgan fingerprint density at radius 1 is 1.37 bits per heavy atom. The van der Waals surface area contributed by atoms with Gasteiger partial charge in [0.15, 0.2) is 0 Å². The topological polar surface area (TPSA) is 45.2 Å². The molecule has 0 saturated carbocycles. The lowest BCUT2D eigenvalue weighted by Crippen LogP contribution is -2.34. The number of aromatic nitrogens is 1. The van der Waals surface area contributed by atoms with Crippen LogP contribution in [-0.2, 0) is 0 Å². The van der Waals surface area contributed by atoms with Crippen LogP contribution in [0.2, 0.25) is 0 Å². The van der Waals surface area contributed by atoms with E-state index in [9.17, 15) is 4.79 Å². The molecule has 2 aromatic heterocycles. The number of hydrogen-bond acceptors (Lipinski definition) is 4. The van der Waals surface area contributed by atoms with Crippen LogP contribution in [0.15, 0.2) is 42.0 Å². The molecule has 0 spiro atoms. The molecule has 0 aliphatic heterocycles. The van der Waals surface area contributed by atoms with Crippen molar-refractivity contribution in [2.45, 2.75) is 6.04 Å². The first-order valence-corrected chi connectivity index (χ1v) is 6.94. The summed E-state index contributed by atoms with van der Waals surface area (Å²) in [5, 5.41) is 5.02. The Labute approximate surface area is 117 Å². The first kappa shape index (κ1) is 13.7. The lowest BCUT2D eigenvalue weighted by Gasteiger charge is -2.23. The minimum absolute atomic E-state index is 0.0641. The number of nitrogens with zero attached hydrogens (tertiary/aromatic N) is 2. The Kier molecular flexibility index (Phi) is 4.65. The Hall–Kier alpha value is -1.72. The van der Waals surface area contributed by atoms with Gasteiger partial charge in [0, 0.05) is 29.4 Å². The normalized spacial score (nSPS) is 12.4. The molecule has 1 N–H and O–H groups in total. The minimum atomic E-state index is -0.0641. The molecule has 0 aromatic carbocycles. The Morgan fingerprint density at radius 2 is 2.11 bits per heavy atom. The molecular formula is C14H17N3OS. The Bertz CT molecular complexity index is 511. The standard InChI is InChI=1S/C14H17N3OS/c1-17(2)12(13-4-3-9-19-13)10-16-14(18)11-5-7-15-8-6-11/h3-9,12H,10H2,1-2H3,(H,16,18)/t12-/m1/s1. The van der Waals surface area contributed by atoms with Gasteiger partial charge in [0.25, 0.3) is 5.91 Å². The Balaban J connectivity index is 1.98. The number of carbonyl (C=O) groups excluding carboxylic acids is 1. The second-order valence-electron chi connectivity index (χ2n) is 4.44. The van der Waals surface area contributed by atoms with Crippen LogP contribution >= 0.6 is 11.3 Å². The smallest absolute Gasteiger partial charge is 0.251 e. The van der Waals surface area contributed by atoms with Gasteiger partial charge in [0.1, 0.15) is 0 Å². The summed E-state index contributed by atoms with van der Waals surface area (Å²) >= 11 is 1.70. The molecule has 0 bridgehead atoms. The summed E-state index contributed by atoms with van der Waals surface area (Å²) in [4.78, 5) is 19.3.